The third-order valence-electron chi connectivity index (χ3n) is 3.00. The lowest BCUT2D eigenvalue weighted by atomic mass is 10.3. The van der Waals surface area contributed by atoms with Crippen molar-refractivity contribution in [1.29, 1.82) is 0 Å². The molecule has 20 heavy (non-hydrogen) atoms. The molecule has 0 aliphatic carbocycles. The predicted molar refractivity (Wildman–Crippen MR) is 74.9 cm³/mol. The summed E-state index contributed by atoms with van der Waals surface area (Å²) < 4.78 is 8.16. The lowest BCUT2D eigenvalue weighted by Crippen LogP contribution is -2.00. The summed E-state index contributed by atoms with van der Waals surface area (Å²) in [5.74, 6) is 2.15. The maximum absolute atomic E-state index is 5.24. The van der Waals surface area contributed by atoms with Gasteiger partial charge in [-0.15, -0.1) is 0 Å². The highest BCUT2D eigenvalue weighted by molar-refractivity contribution is 9.10. The topological polar surface area (TPSA) is 85.4 Å². The Labute approximate surface area is 123 Å². The van der Waals surface area contributed by atoms with Crippen molar-refractivity contribution < 1.29 is 4.52 Å². The van der Waals surface area contributed by atoms with E-state index in [1.165, 1.54) is 0 Å². The van der Waals surface area contributed by atoms with E-state index in [9.17, 15) is 0 Å². The van der Waals surface area contributed by atoms with Gasteiger partial charge >= 0.3 is 0 Å². The average Bonchev–Trinajstić information content (AvgIpc) is 3.12. The Balaban J connectivity index is 1.61. The van der Waals surface area contributed by atoms with Gasteiger partial charge in [-0.2, -0.15) is 10.1 Å². The summed E-state index contributed by atoms with van der Waals surface area (Å²) in [7, 11) is 0. The Morgan fingerprint density at radius 1 is 1.45 bits per heavy atom. The SMILES string of the molecule is Cc1nccn1CCCc1nc(-c2[nH]ncc2Br)no1. The van der Waals surface area contributed by atoms with E-state index in [0.29, 0.717) is 11.7 Å². The normalized spacial score (nSPS) is 11.1. The fraction of sp³-hybridized carbons (Fsp3) is 0.333. The molecule has 7 nitrogen and oxygen atoms in total. The van der Waals surface area contributed by atoms with E-state index in [2.05, 4.69) is 45.8 Å². The molecule has 104 valence electrons. The molecule has 0 aliphatic rings. The molecular formula is C12H13BrN6O. The fourth-order valence-corrected chi connectivity index (χ4v) is 2.30. The first-order valence-electron chi connectivity index (χ1n) is 6.23. The van der Waals surface area contributed by atoms with Crippen molar-refractivity contribution in [3.8, 4) is 11.5 Å². The molecule has 0 bridgehead atoms. The quantitative estimate of drug-likeness (QED) is 0.772. The van der Waals surface area contributed by atoms with Gasteiger partial charge in [0.05, 0.1) is 10.7 Å². The molecule has 0 unspecified atom stereocenters. The average molecular weight is 337 g/mol. The number of H-pyrrole nitrogens is 1. The largest absolute Gasteiger partial charge is 0.339 e. The van der Waals surface area contributed by atoms with Gasteiger partial charge in [-0.05, 0) is 29.3 Å². The van der Waals surface area contributed by atoms with Gasteiger partial charge < -0.3 is 9.09 Å². The number of rotatable bonds is 5. The highest BCUT2D eigenvalue weighted by Gasteiger charge is 2.13. The number of imidazole rings is 1. The minimum atomic E-state index is 0.517. The van der Waals surface area contributed by atoms with Gasteiger partial charge in [-0.3, -0.25) is 5.10 Å². The van der Waals surface area contributed by atoms with E-state index in [1.807, 2.05) is 13.1 Å². The first kappa shape index (κ1) is 13.0. The van der Waals surface area contributed by atoms with Crippen LogP contribution in [0.4, 0.5) is 0 Å². The second kappa shape index (κ2) is 5.58. The molecule has 3 aromatic heterocycles. The summed E-state index contributed by atoms with van der Waals surface area (Å²) in [5.41, 5.74) is 0.727. The van der Waals surface area contributed by atoms with E-state index < -0.39 is 0 Å². The fourth-order valence-electron chi connectivity index (χ4n) is 1.93. The molecule has 0 aromatic carbocycles. The summed E-state index contributed by atoms with van der Waals surface area (Å²) in [6, 6.07) is 0. The lowest BCUT2D eigenvalue weighted by Gasteiger charge is -2.02. The van der Waals surface area contributed by atoms with Crippen molar-refractivity contribution in [2.24, 2.45) is 0 Å². The Kier molecular flexibility index (Phi) is 3.64. The van der Waals surface area contributed by atoms with Gasteiger partial charge in [0, 0.05) is 25.4 Å². The van der Waals surface area contributed by atoms with Crippen molar-refractivity contribution >= 4 is 15.9 Å². The number of aryl methyl sites for hydroxylation is 3. The van der Waals surface area contributed by atoms with Gasteiger partial charge in [0.25, 0.3) is 0 Å². The Morgan fingerprint density at radius 3 is 3.05 bits per heavy atom. The molecule has 0 aliphatic heterocycles. The zero-order chi connectivity index (χ0) is 13.9. The summed E-state index contributed by atoms with van der Waals surface area (Å²) in [5, 5.41) is 10.7. The van der Waals surface area contributed by atoms with Crippen LogP contribution in [-0.4, -0.2) is 29.9 Å². The van der Waals surface area contributed by atoms with Crippen LogP contribution in [0.15, 0.2) is 27.6 Å². The standard InChI is InChI=1S/C12H13BrN6O/c1-8-14-4-6-19(8)5-2-3-10-16-12(18-20-10)11-9(13)7-15-17-11/h4,6-7H,2-3,5H2,1H3,(H,15,17). The van der Waals surface area contributed by atoms with Crippen LogP contribution in [-0.2, 0) is 13.0 Å². The molecule has 0 amide bonds. The molecule has 0 fully saturated rings. The molecule has 3 aromatic rings. The number of aromatic nitrogens is 6. The van der Waals surface area contributed by atoms with Crippen molar-refractivity contribution in [2.45, 2.75) is 26.3 Å². The van der Waals surface area contributed by atoms with Gasteiger partial charge in [0.2, 0.25) is 11.7 Å². The van der Waals surface area contributed by atoms with Gasteiger partial charge in [0.1, 0.15) is 11.5 Å². The van der Waals surface area contributed by atoms with Crippen molar-refractivity contribution in [3.05, 3.63) is 34.8 Å². The number of hydrogen-bond acceptors (Lipinski definition) is 5. The minimum absolute atomic E-state index is 0.517. The van der Waals surface area contributed by atoms with E-state index in [0.717, 1.165) is 35.4 Å². The van der Waals surface area contributed by atoms with Crippen LogP contribution in [0, 0.1) is 6.92 Å². The molecule has 0 atom stereocenters. The summed E-state index contributed by atoms with van der Waals surface area (Å²) >= 11 is 3.37. The second-order valence-electron chi connectivity index (χ2n) is 4.38. The molecular weight excluding hydrogens is 324 g/mol. The van der Waals surface area contributed by atoms with E-state index in [4.69, 9.17) is 4.52 Å². The van der Waals surface area contributed by atoms with Crippen LogP contribution in [0.1, 0.15) is 18.1 Å². The Hall–Kier alpha value is -1.96. The molecule has 1 N–H and O–H groups in total. The predicted octanol–water partition coefficient (Wildman–Crippen LogP) is 2.36. The third-order valence-corrected chi connectivity index (χ3v) is 3.60. The Bertz CT molecular complexity index is 700. The van der Waals surface area contributed by atoms with Crippen molar-refractivity contribution in [2.75, 3.05) is 0 Å². The molecule has 0 saturated heterocycles. The Morgan fingerprint density at radius 2 is 2.35 bits per heavy atom. The molecule has 3 heterocycles. The highest BCUT2D eigenvalue weighted by Crippen LogP contribution is 2.22. The van der Waals surface area contributed by atoms with E-state index >= 15 is 0 Å². The summed E-state index contributed by atoms with van der Waals surface area (Å²) in [6.07, 6.45) is 7.08. The third kappa shape index (κ3) is 2.64. The van der Waals surface area contributed by atoms with E-state index in [-0.39, 0.29) is 0 Å². The van der Waals surface area contributed by atoms with Crippen LogP contribution in [0.25, 0.3) is 11.5 Å². The van der Waals surface area contributed by atoms with Crippen molar-refractivity contribution in [3.63, 3.8) is 0 Å². The van der Waals surface area contributed by atoms with Crippen LogP contribution in [0.3, 0.4) is 0 Å². The number of halogens is 1. The molecule has 0 radical (unpaired) electrons. The van der Waals surface area contributed by atoms with Crippen molar-refractivity contribution in [1.82, 2.24) is 29.9 Å². The van der Waals surface area contributed by atoms with Crippen LogP contribution in [0.5, 0.6) is 0 Å². The van der Waals surface area contributed by atoms with Crippen LogP contribution >= 0.6 is 15.9 Å². The monoisotopic (exact) mass is 336 g/mol. The minimum Gasteiger partial charge on any atom is -0.339 e. The first-order valence-corrected chi connectivity index (χ1v) is 7.03. The second-order valence-corrected chi connectivity index (χ2v) is 5.23. The van der Waals surface area contributed by atoms with Crippen LogP contribution < -0.4 is 0 Å². The zero-order valence-corrected chi connectivity index (χ0v) is 12.5. The molecule has 3 rings (SSSR count). The maximum atomic E-state index is 5.24. The maximum Gasteiger partial charge on any atom is 0.227 e. The summed E-state index contributed by atoms with van der Waals surface area (Å²) in [4.78, 5) is 8.54. The van der Waals surface area contributed by atoms with Crippen LogP contribution in [0.2, 0.25) is 0 Å². The molecule has 0 spiro atoms. The van der Waals surface area contributed by atoms with Gasteiger partial charge in [0.15, 0.2) is 0 Å². The summed E-state index contributed by atoms with van der Waals surface area (Å²) in [6.45, 7) is 2.87. The molecule has 0 saturated carbocycles. The number of nitrogens with one attached hydrogen (secondary N) is 1. The zero-order valence-electron chi connectivity index (χ0n) is 10.9. The molecule has 8 heteroatoms. The first-order chi connectivity index (χ1) is 9.74. The number of hydrogen-bond donors (Lipinski definition) is 1. The van der Waals surface area contributed by atoms with Gasteiger partial charge in [-0.1, -0.05) is 5.16 Å². The highest BCUT2D eigenvalue weighted by atomic mass is 79.9. The number of aromatic amines is 1. The van der Waals surface area contributed by atoms with E-state index in [1.54, 1.807) is 12.4 Å². The lowest BCUT2D eigenvalue weighted by molar-refractivity contribution is 0.372. The smallest absolute Gasteiger partial charge is 0.227 e. The number of nitrogens with zero attached hydrogens (tertiary/aromatic N) is 5. The van der Waals surface area contributed by atoms with Gasteiger partial charge in [-0.25, -0.2) is 4.98 Å².